The molecule has 0 bridgehead atoms. The first-order valence-electron chi connectivity index (χ1n) is 4.88. The molecule has 0 saturated heterocycles. The zero-order valence-electron chi connectivity index (χ0n) is 8.92. The topological polar surface area (TPSA) is 54.4 Å². The fraction of sp³-hybridized carbons (Fsp3) is 0.455. The molecule has 0 aliphatic heterocycles. The van der Waals surface area contributed by atoms with Gasteiger partial charge in [-0.25, -0.2) is 8.42 Å². The summed E-state index contributed by atoms with van der Waals surface area (Å²) in [7, 11) is -3.21. The van der Waals surface area contributed by atoms with E-state index in [2.05, 4.69) is 0 Å². The Kier molecular flexibility index (Phi) is 3.88. The Morgan fingerprint density at radius 1 is 1.27 bits per heavy atom. The van der Waals surface area contributed by atoms with E-state index in [1.165, 1.54) is 0 Å². The Morgan fingerprint density at radius 3 is 2.20 bits per heavy atom. The number of hydrogen-bond acceptors (Lipinski definition) is 3. The molecule has 0 amide bonds. The summed E-state index contributed by atoms with van der Waals surface area (Å²) in [6.45, 7) is 1.76. The molecule has 1 N–H and O–H groups in total. The molecule has 15 heavy (non-hydrogen) atoms. The molecule has 0 spiro atoms. The van der Waals surface area contributed by atoms with Crippen molar-refractivity contribution in [3.05, 3.63) is 35.9 Å². The van der Waals surface area contributed by atoms with Crippen molar-refractivity contribution >= 4 is 9.84 Å². The maximum absolute atomic E-state index is 11.4. The number of aliphatic hydroxyl groups is 1. The standard InChI is InChI=1S/C11H16O3S/c1-3-10(15(2,13)14)11(12)9-7-5-4-6-8-9/h4-8,10-12H,3H2,1-2H3/t10-,11-/m0/s1. The second-order valence-electron chi connectivity index (χ2n) is 3.63. The van der Waals surface area contributed by atoms with E-state index in [1.807, 2.05) is 6.07 Å². The van der Waals surface area contributed by atoms with Gasteiger partial charge in [0.15, 0.2) is 9.84 Å². The number of aliphatic hydroxyl groups excluding tert-OH is 1. The van der Waals surface area contributed by atoms with Crippen LogP contribution in [0.15, 0.2) is 30.3 Å². The lowest BCUT2D eigenvalue weighted by atomic mass is 10.1. The normalized spacial score (nSPS) is 15.9. The van der Waals surface area contributed by atoms with E-state index >= 15 is 0 Å². The van der Waals surface area contributed by atoms with E-state index in [9.17, 15) is 13.5 Å². The first kappa shape index (κ1) is 12.2. The van der Waals surface area contributed by atoms with Crippen molar-refractivity contribution in [2.24, 2.45) is 0 Å². The molecule has 0 aliphatic rings. The van der Waals surface area contributed by atoms with Gasteiger partial charge in [0.25, 0.3) is 0 Å². The highest BCUT2D eigenvalue weighted by atomic mass is 32.2. The SMILES string of the molecule is CC[C@@H]([C@@H](O)c1ccccc1)S(C)(=O)=O. The zero-order valence-corrected chi connectivity index (χ0v) is 9.74. The van der Waals surface area contributed by atoms with Crippen LogP contribution in [0.5, 0.6) is 0 Å². The van der Waals surface area contributed by atoms with Gasteiger partial charge in [-0.15, -0.1) is 0 Å². The first-order valence-corrected chi connectivity index (χ1v) is 6.84. The van der Waals surface area contributed by atoms with Crippen molar-refractivity contribution in [1.29, 1.82) is 0 Å². The minimum atomic E-state index is -3.21. The fourth-order valence-electron chi connectivity index (χ4n) is 1.63. The van der Waals surface area contributed by atoms with Gasteiger partial charge in [0.2, 0.25) is 0 Å². The van der Waals surface area contributed by atoms with Gasteiger partial charge in [0.1, 0.15) is 0 Å². The van der Waals surface area contributed by atoms with Crippen LogP contribution in [0.1, 0.15) is 25.0 Å². The van der Waals surface area contributed by atoms with Crippen LogP contribution in [-0.2, 0) is 9.84 Å². The fourth-order valence-corrected chi connectivity index (χ4v) is 2.86. The van der Waals surface area contributed by atoms with Crippen molar-refractivity contribution in [2.75, 3.05) is 6.26 Å². The van der Waals surface area contributed by atoms with Crippen LogP contribution in [0.3, 0.4) is 0 Å². The van der Waals surface area contributed by atoms with Gasteiger partial charge in [-0.3, -0.25) is 0 Å². The van der Waals surface area contributed by atoms with Gasteiger partial charge >= 0.3 is 0 Å². The molecule has 2 atom stereocenters. The molecular formula is C11H16O3S. The van der Waals surface area contributed by atoms with E-state index in [0.29, 0.717) is 12.0 Å². The van der Waals surface area contributed by atoms with Crippen LogP contribution >= 0.6 is 0 Å². The Bertz CT molecular complexity index is 397. The van der Waals surface area contributed by atoms with E-state index < -0.39 is 21.2 Å². The second kappa shape index (κ2) is 4.77. The quantitative estimate of drug-likeness (QED) is 0.850. The van der Waals surface area contributed by atoms with Gasteiger partial charge in [-0.05, 0) is 12.0 Å². The monoisotopic (exact) mass is 228 g/mol. The Balaban J connectivity index is 2.98. The van der Waals surface area contributed by atoms with Crippen LogP contribution in [0.2, 0.25) is 0 Å². The number of benzene rings is 1. The predicted molar refractivity (Wildman–Crippen MR) is 60.3 cm³/mol. The van der Waals surface area contributed by atoms with Crippen LogP contribution in [-0.4, -0.2) is 25.0 Å². The number of sulfone groups is 1. The molecular weight excluding hydrogens is 212 g/mol. The van der Waals surface area contributed by atoms with Gasteiger partial charge in [-0.1, -0.05) is 37.3 Å². The zero-order chi connectivity index (χ0) is 11.5. The molecule has 1 aromatic rings. The Morgan fingerprint density at radius 2 is 1.80 bits per heavy atom. The van der Waals surface area contributed by atoms with E-state index in [1.54, 1.807) is 31.2 Å². The highest BCUT2D eigenvalue weighted by Crippen LogP contribution is 2.23. The Hall–Kier alpha value is -0.870. The molecule has 0 fully saturated rings. The minimum absolute atomic E-state index is 0.412. The van der Waals surface area contributed by atoms with Gasteiger partial charge < -0.3 is 5.11 Å². The lowest BCUT2D eigenvalue weighted by Gasteiger charge is -2.20. The third kappa shape index (κ3) is 3.04. The highest BCUT2D eigenvalue weighted by molar-refractivity contribution is 7.91. The van der Waals surface area contributed by atoms with Crippen molar-refractivity contribution < 1.29 is 13.5 Å². The minimum Gasteiger partial charge on any atom is -0.387 e. The van der Waals surface area contributed by atoms with E-state index in [4.69, 9.17) is 0 Å². The first-order chi connectivity index (χ1) is 6.96. The molecule has 0 unspecified atom stereocenters. The smallest absolute Gasteiger partial charge is 0.153 e. The molecule has 1 rings (SSSR count). The van der Waals surface area contributed by atoms with Gasteiger partial charge in [0, 0.05) is 6.26 Å². The van der Waals surface area contributed by atoms with Gasteiger partial charge in [0.05, 0.1) is 11.4 Å². The average molecular weight is 228 g/mol. The summed E-state index contributed by atoms with van der Waals surface area (Å²) in [4.78, 5) is 0. The molecule has 1 aromatic carbocycles. The maximum Gasteiger partial charge on any atom is 0.153 e. The molecule has 84 valence electrons. The van der Waals surface area contributed by atoms with E-state index in [0.717, 1.165) is 6.26 Å². The van der Waals surface area contributed by atoms with Crippen LogP contribution < -0.4 is 0 Å². The predicted octanol–water partition coefficient (Wildman–Crippen LogP) is 1.54. The Labute approximate surface area is 90.7 Å². The molecule has 4 heteroatoms. The molecule has 0 heterocycles. The lowest BCUT2D eigenvalue weighted by Crippen LogP contribution is -2.26. The molecule has 0 saturated carbocycles. The molecule has 0 radical (unpaired) electrons. The number of rotatable bonds is 4. The summed E-state index contributed by atoms with van der Waals surface area (Å²) in [6, 6.07) is 8.87. The second-order valence-corrected chi connectivity index (χ2v) is 5.90. The van der Waals surface area contributed by atoms with Crippen molar-refractivity contribution in [3.8, 4) is 0 Å². The summed E-state index contributed by atoms with van der Waals surface area (Å²) in [5.41, 5.74) is 0.648. The van der Waals surface area contributed by atoms with Crippen molar-refractivity contribution in [3.63, 3.8) is 0 Å². The summed E-state index contributed by atoms with van der Waals surface area (Å²) in [6.07, 6.45) is 0.633. The molecule has 0 aromatic heterocycles. The summed E-state index contributed by atoms with van der Waals surface area (Å²) < 4.78 is 22.8. The third-order valence-electron chi connectivity index (χ3n) is 2.45. The largest absolute Gasteiger partial charge is 0.387 e. The molecule has 3 nitrogen and oxygen atoms in total. The van der Waals surface area contributed by atoms with Crippen LogP contribution in [0, 0.1) is 0 Å². The third-order valence-corrected chi connectivity index (χ3v) is 4.14. The van der Waals surface area contributed by atoms with Crippen molar-refractivity contribution in [2.45, 2.75) is 24.7 Å². The summed E-state index contributed by atoms with van der Waals surface area (Å²) in [5, 5.41) is 9.21. The number of hydrogen-bond donors (Lipinski definition) is 1. The highest BCUT2D eigenvalue weighted by Gasteiger charge is 2.27. The van der Waals surface area contributed by atoms with Gasteiger partial charge in [-0.2, -0.15) is 0 Å². The molecule has 0 aliphatic carbocycles. The van der Waals surface area contributed by atoms with Crippen LogP contribution in [0.4, 0.5) is 0 Å². The maximum atomic E-state index is 11.4. The summed E-state index contributed by atoms with van der Waals surface area (Å²) >= 11 is 0. The summed E-state index contributed by atoms with van der Waals surface area (Å²) in [5.74, 6) is 0. The average Bonchev–Trinajstić information content (AvgIpc) is 2.18. The van der Waals surface area contributed by atoms with Crippen LogP contribution in [0.25, 0.3) is 0 Å². The van der Waals surface area contributed by atoms with Crippen molar-refractivity contribution in [1.82, 2.24) is 0 Å². The van der Waals surface area contributed by atoms with E-state index in [-0.39, 0.29) is 0 Å². The lowest BCUT2D eigenvalue weighted by molar-refractivity contribution is 0.169.